The first-order valence-corrected chi connectivity index (χ1v) is 8.06. The van der Waals surface area contributed by atoms with Crippen molar-refractivity contribution in [2.45, 2.75) is 19.9 Å². The Balaban J connectivity index is 2.23. The van der Waals surface area contributed by atoms with Gasteiger partial charge in [-0.05, 0) is 30.7 Å². The number of hydrogen-bond acceptors (Lipinski definition) is 2. The number of carbonyl (C=O) groups excluding carboxylic acids is 1. The van der Waals surface area contributed by atoms with Crippen LogP contribution >= 0.6 is 31.9 Å². The van der Waals surface area contributed by atoms with Crippen molar-refractivity contribution < 1.29 is 4.79 Å². The van der Waals surface area contributed by atoms with E-state index in [4.69, 9.17) is 0 Å². The summed E-state index contributed by atoms with van der Waals surface area (Å²) in [4.78, 5) is 23.9. The second-order valence-electron chi connectivity index (χ2n) is 4.56. The van der Waals surface area contributed by atoms with Crippen LogP contribution in [0, 0.1) is 0 Å². The average Bonchev–Trinajstić information content (AvgIpc) is 2.41. The largest absolute Gasteiger partial charge is 0.321 e. The first kappa shape index (κ1) is 16.0. The molecule has 0 atom stereocenters. The molecule has 4 nitrogen and oxygen atoms in total. The fraction of sp³-hybridized carbons (Fsp3) is 0.200. The van der Waals surface area contributed by atoms with Crippen LogP contribution in [0.3, 0.4) is 0 Å². The molecule has 0 fully saturated rings. The molecule has 0 aliphatic carbocycles. The maximum Gasteiger partial charge on any atom is 0.255 e. The van der Waals surface area contributed by atoms with E-state index in [1.165, 1.54) is 6.07 Å². The average molecular weight is 414 g/mol. The van der Waals surface area contributed by atoms with Crippen molar-refractivity contribution in [1.82, 2.24) is 4.57 Å². The Bertz CT molecular complexity index is 706. The molecule has 1 amide bonds. The Kier molecular flexibility index (Phi) is 5.36. The molecule has 2 aromatic rings. The first-order chi connectivity index (χ1) is 9.99. The van der Waals surface area contributed by atoms with Crippen molar-refractivity contribution in [1.29, 1.82) is 0 Å². The van der Waals surface area contributed by atoms with Crippen LogP contribution in [0.15, 0.2) is 50.3 Å². The number of aromatic nitrogens is 1. The van der Waals surface area contributed by atoms with E-state index < -0.39 is 0 Å². The second kappa shape index (κ2) is 7.04. The number of nitrogens with zero attached hydrogens (tertiary/aromatic N) is 1. The number of rotatable bonds is 4. The molecule has 0 aliphatic heterocycles. The van der Waals surface area contributed by atoms with E-state index in [9.17, 15) is 9.59 Å². The third-order valence-electron chi connectivity index (χ3n) is 2.83. The Morgan fingerprint density at radius 1 is 1.19 bits per heavy atom. The molecule has 0 unspecified atom stereocenters. The lowest BCUT2D eigenvalue weighted by atomic mass is 10.2. The molecule has 0 radical (unpaired) electrons. The molecular weight excluding hydrogens is 400 g/mol. The summed E-state index contributed by atoms with van der Waals surface area (Å²) in [6.45, 7) is 2.63. The molecule has 0 spiro atoms. The highest BCUT2D eigenvalue weighted by molar-refractivity contribution is 9.11. The van der Waals surface area contributed by atoms with Crippen molar-refractivity contribution in [2.24, 2.45) is 0 Å². The number of nitrogens with one attached hydrogen (secondary N) is 1. The molecule has 0 bridgehead atoms. The van der Waals surface area contributed by atoms with Gasteiger partial charge in [0.25, 0.3) is 11.5 Å². The van der Waals surface area contributed by atoms with Crippen LogP contribution in [0.1, 0.15) is 23.7 Å². The number of anilines is 1. The summed E-state index contributed by atoms with van der Waals surface area (Å²) in [5.74, 6) is -0.223. The number of pyridine rings is 1. The maximum absolute atomic E-state index is 12.2. The van der Waals surface area contributed by atoms with Crippen LogP contribution in [0.5, 0.6) is 0 Å². The molecule has 6 heteroatoms. The Morgan fingerprint density at radius 3 is 2.48 bits per heavy atom. The highest BCUT2D eigenvalue weighted by Crippen LogP contribution is 2.20. The zero-order valence-electron chi connectivity index (χ0n) is 11.4. The minimum Gasteiger partial charge on any atom is -0.321 e. The molecule has 21 heavy (non-hydrogen) atoms. The summed E-state index contributed by atoms with van der Waals surface area (Å²) in [7, 11) is 0. The van der Waals surface area contributed by atoms with Crippen LogP contribution in [0.4, 0.5) is 5.69 Å². The van der Waals surface area contributed by atoms with E-state index in [1.807, 2.05) is 13.0 Å². The monoisotopic (exact) mass is 412 g/mol. The van der Waals surface area contributed by atoms with Gasteiger partial charge in [0.1, 0.15) is 0 Å². The molecule has 0 saturated heterocycles. The lowest BCUT2D eigenvalue weighted by Crippen LogP contribution is -2.20. The van der Waals surface area contributed by atoms with Gasteiger partial charge in [-0.2, -0.15) is 0 Å². The Morgan fingerprint density at radius 2 is 1.86 bits per heavy atom. The summed E-state index contributed by atoms with van der Waals surface area (Å²) >= 11 is 6.71. The molecule has 1 aromatic heterocycles. The van der Waals surface area contributed by atoms with Gasteiger partial charge >= 0.3 is 0 Å². The van der Waals surface area contributed by atoms with Gasteiger partial charge in [0, 0.05) is 33.3 Å². The van der Waals surface area contributed by atoms with E-state index in [2.05, 4.69) is 37.2 Å². The van der Waals surface area contributed by atoms with Gasteiger partial charge in [-0.15, -0.1) is 0 Å². The van der Waals surface area contributed by atoms with Crippen molar-refractivity contribution in [3.05, 3.63) is 61.4 Å². The predicted molar refractivity (Wildman–Crippen MR) is 90.8 cm³/mol. The van der Waals surface area contributed by atoms with Crippen LogP contribution in [-0.2, 0) is 6.54 Å². The summed E-state index contributed by atoms with van der Waals surface area (Å²) in [6.07, 6.45) is 2.52. The van der Waals surface area contributed by atoms with Gasteiger partial charge in [-0.25, -0.2) is 0 Å². The van der Waals surface area contributed by atoms with Gasteiger partial charge < -0.3 is 9.88 Å². The summed E-state index contributed by atoms with van der Waals surface area (Å²) in [5, 5.41) is 2.80. The normalized spacial score (nSPS) is 10.4. The highest BCUT2D eigenvalue weighted by Gasteiger charge is 2.09. The zero-order chi connectivity index (χ0) is 15.4. The molecule has 0 saturated carbocycles. The molecular formula is C15H14Br2N2O2. The fourth-order valence-electron chi connectivity index (χ4n) is 1.91. The molecule has 2 rings (SSSR count). The number of carbonyl (C=O) groups is 1. The smallest absolute Gasteiger partial charge is 0.255 e. The van der Waals surface area contributed by atoms with Gasteiger partial charge in [0.15, 0.2) is 0 Å². The third-order valence-corrected chi connectivity index (χ3v) is 3.75. The molecule has 1 aromatic carbocycles. The van der Waals surface area contributed by atoms with Gasteiger partial charge in [-0.3, -0.25) is 9.59 Å². The fourth-order valence-corrected chi connectivity index (χ4v) is 3.20. The van der Waals surface area contributed by atoms with Crippen molar-refractivity contribution in [3.8, 4) is 0 Å². The molecule has 1 N–H and O–H groups in total. The van der Waals surface area contributed by atoms with E-state index in [0.717, 1.165) is 15.4 Å². The van der Waals surface area contributed by atoms with E-state index in [1.54, 1.807) is 29.0 Å². The predicted octanol–water partition coefficient (Wildman–Crippen LogP) is 4.04. The van der Waals surface area contributed by atoms with Gasteiger partial charge in [-0.1, -0.05) is 38.8 Å². The summed E-state index contributed by atoms with van der Waals surface area (Å²) in [5.41, 5.74) is 1.06. The number of benzene rings is 1. The summed E-state index contributed by atoms with van der Waals surface area (Å²) in [6, 6.07) is 8.41. The van der Waals surface area contributed by atoms with Gasteiger partial charge in [0.05, 0.1) is 5.69 Å². The minimum atomic E-state index is -0.223. The lowest BCUT2D eigenvalue weighted by Gasteiger charge is -2.09. The number of amides is 1. The zero-order valence-corrected chi connectivity index (χ0v) is 14.6. The van der Waals surface area contributed by atoms with Crippen LogP contribution in [-0.4, -0.2) is 10.5 Å². The topological polar surface area (TPSA) is 51.1 Å². The Hall–Kier alpha value is -1.40. The van der Waals surface area contributed by atoms with E-state index >= 15 is 0 Å². The molecule has 0 aliphatic rings. The number of hydrogen-bond donors (Lipinski definition) is 1. The quantitative estimate of drug-likeness (QED) is 0.822. The Labute approximate surface area is 139 Å². The number of aryl methyl sites for hydroxylation is 1. The van der Waals surface area contributed by atoms with Crippen LogP contribution in [0.25, 0.3) is 0 Å². The minimum absolute atomic E-state index is 0.0694. The van der Waals surface area contributed by atoms with Crippen molar-refractivity contribution >= 4 is 43.5 Å². The van der Waals surface area contributed by atoms with Crippen LogP contribution in [0.2, 0.25) is 0 Å². The molecule has 1 heterocycles. The highest BCUT2D eigenvalue weighted by atomic mass is 79.9. The van der Waals surface area contributed by atoms with Crippen molar-refractivity contribution in [3.63, 3.8) is 0 Å². The summed E-state index contributed by atoms with van der Waals surface area (Å²) < 4.78 is 3.22. The van der Waals surface area contributed by atoms with Crippen LogP contribution < -0.4 is 10.9 Å². The standard InChI is InChI=1S/C15H14Br2N2O2/c1-2-5-19-9-13(3-4-14(19)20)18-15(21)10-6-11(16)8-12(17)7-10/h3-4,6-9H,2,5H2,1H3,(H,18,21). The maximum atomic E-state index is 12.2. The van der Waals surface area contributed by atoms with E-state index in [-0.39, 0.29) is 11.5 Å². The second-order valence-corrected chi connectivity index (χ2v) is 6.39. The van der Waals surface area contributed by atoms with Gasteiger partial charge in [0.2, 0.25) is 0 Å². The number of halogens is 2. The first-order valence-electron chi connectivity index (χ1n) is 6.47. The van der Waals surface area contributed by atoms with E-state index in [0.29, 0.717) is 17.8 Å². The van der Waals surface area contributed by atoms with Crippen molar-refractivity contribution in [2.75, 3.05) is 5.32 Å². The lowest BCUT2D eigenvalue weighted by molar-refractivity contribution is 0.102. The SMILES string of the molecule is CCCn1cc(NC(=O)c2cc(Br)cc(Br)c2)ccc1=O. The molecule has 110 valence electrons. The third kappa shape index (κ3) is 4.28.